The van der Waals surface area contributed by atoms with E-state index in [0.717, 1.165) is 25.1 Å². The molecule has 1 aromatic rings. The first-order chi connectivity index (χ1) is 9.71. The monoisotopic (exact) mass is 268 g/mol. The molecule has 1 unspecified atom stereocenters. The number of rotatable bonds is 4. The molecule has 1 aliphatic heterocycles. The van der Waals surface area contributed by atoms with Gasteiger partial charge >= 0.3 is 0 Å². The normalized spacial score (nSPS) is 25.0. The number of nitrogens with one attached hydrogen (secondary N) is 1. The van der Waals surface area contributed by atoms with Crippen LogP contribution in [0.1, 0.15) is 25.3 Å². The minimum atomic E-state index is -0.330. The third-order valence-electron chi connectivity index (χ3n) is 3.94. The predicted molar refractivity (Wildman–Crippen MR) is 81.6 cm³/mol. The van der Waals surface area contributed by atoms with Crippen LogP contribution in [-0.2, 0) is 10.4 Å². The van der Waals surface area contributed by atoms with Crippen molar-refractivity contribution in [3.05, 3.63) is 59.2 Å². The van der Waals surface area contributed by atoms with E-state index in [0.29, 0.717) is 0 Å². The van der Waals surface area contributed by atoms with Gasteiger partial charge in [-0.05, 0) is 37.1 Å². The van der Waals surface area contributed by atoms with E-state index >= 15 is 0 Å². The predicted octanol–water partition coefficient (Wildman–Crippen LogP) is 3.15. The van der Waals surface area contributed by atoms with Crippen LogP contribution in [-0.4, -0.2) is 19.3 Å². The first-order valence-corrected chi connectivity index (χ1v) is 7.06. The molecule has 3 heteroatoms. The topological polar surface area (TPSA) is 33.6 Å². The zero-order chi connectivity index (χ0) is 14.0. The molecule has 0 spiro atoms. The SMILES string of the molecule is CNCC1=CCC(C2=NOC(C)(c3ccccc3)C2)=C1. The smallest absolute Gasteiger partial charge is 0.165 e. The van der Waals surface area contributed by atoms with E-state index in [1.807, 2.05) is 25.2 Å². The summed E-state index contributed by atoms with van der Waals surface area (Å²) in [6, 6.07) is 10.3. The minimum absolute atomic E-state index is 0.330. The Kier molecular flexibility index (Phi) is 3.45. The molecular weight excluding hydrogens is 248 g/mol. The molecule has 0 amide bonds. The summed E-state index contributed by atoms with van der Waals surface area (Å²) in [5, 5.41) is 7.52. The van der Waals surface area contributed by atoms with Crippen LogP contribution in [0.2, 0.25) is 0 Å². The maximum atomic E-state index is 5.76. The Balaban J connectivity index is 1.73. The van der Waals surface area contributed by atoms with Crippen molar-refractivity contribution in [2.75, 3.05) is 13.6 Å². The molecule has 1 atom stereocenters. The average Bonchev–Trinajstić information content (AvgIpc) is 3.08. The lowest BCUT2D eigenvalue weighted by atomic mass is 9.89. The van der Waals surface area contributed by atoms with Crippen molar-refractivity contribution in [3.63, 3.8) is 0 Å². The number of allylic oxidation sites excluding steroid dienone is 2. The van der Waals surface area contributed by atoms with Crippen molar-refractivity contribution in [2.24, 2.45) is 5.16 Å². The summed E-state index contributed by atoms with van der Waals surface area (Å²) < 4.78 is 0. The molecule has 0 aromatic heterocycles. The Bertz CT molecular complexity index is 586. The van der Waals surface area contributed by atoms with E-state index in [4.69, 9.17) is 4.84 Å². The molecule has 2 aliphatic rings. The molecule has 0 saturated carbocycles. The van der Waals surface area contributed by atoms with Gasteiger partial charge in [-0.3, -0.25) is 0 Å². The largest absolute Gasteiger partial charge is 0.384 e. The van der Waals surface area contributed by atoms with Crippen LogP contribution in [0, 0.1) is 0 Å². The number of nitrogens with zero attached hydrogens (tertiary/aromatic N) is 1. The molecule has 0 saturated heterocycles. The van der Waals surface area contributed by atoms with Gasteiger partial charge in [-0.25, -0.2) is 0 Å². The number of oxime groups is 1. The summed E-state index contributed by atoms with van der Waals surface area (Å²) in [6.07, 6.45) is 6.29. The van der Waals surface area contributed by atoms with Gasteiger partial charge in [-0.1, -0.05) is 47.6 Å². The fourth-order valence-corrected chi connectivity index (χ4v) is 2.77. The standard InChI is InChI=1S/C17H20N2O/c1-17(15-6-4-3-5-7-15)11-16(19-20-17)14-9-8-13(10-14)12-18-2/h3-8,10,18H,9,11-12H2,1-2H3. The Hall–Kier alpha value is -1.87. The zero-order valence-corrected chi connectivity index (χ0v) is 12.0. The summed E-state index contributed by atoms with van der Waals surface area (Å²) in [6.45, 7) is 3.02. The first kappa shape index (κ1) is 13.1. The van der Waals surface area contributed by atoms with Crippen LogP contribution in [0.4, 0.5) is 0 Å². The molecule has 104 valence electrons. The maximum Gasteiger partial charge on any atom is 0.165 e. The second-order valence-electron chi connectivity index (χ2n) is 5.59. The van der Waals surface area contributed by atoms with Crippen molar-refractivity contribution in [1.29, 1.82) is 0 Å². The van der Waals surface area contributed by atoms with Gasteiger partial charge in [0.05, 0.1) is 5.71 Å². The molecule has 1 aliphatic carbocycles. The molecule has 1 aromatic carbocycles. The third kappa shape index (κ3) is 2.41. The highest BCUT2D eigenvalue weighted by atomic mass is 16.7. The summed E-state index contributed by atoms with van der Waals surface area (Å²) in [5.74, 6) is 0. The highest BCUT2D eigenvalue weighted by Crippen LogP contribution is 2.37. The summed E-state index contributed by atoms with van der Waals surface area (Å²) in [5.41, 5.74) is 4.55. The number of benzene rings is 1. The van der Waals surface area contributed by atoms with Gasteiger partial charge in [-0.15, -0.1) is 0 Å². The maximum absolute atomic E-state index is 5.76. The Labute approximate surface area is 120 Å². The molecule has 20 heavy (non-hydrogen) atoms. The molecule has 0 fully saturated rings. The molecule has 3 nitrogen and oxygen atoms in total. The Morgan fingerprint density at radius 1 is 1.30 bits per heavy atom. The summed E-state index contributed by atoms with van der Waals surface area (Å²) in [7, 11) is 1.97. The molecule has 0 radical (unpaired) electrons. The van der Waals surface area contributed by atoms with Gasteiger partial charge in [0.25, 0.3) is 0 Å². The third-order valence-corrected chi connectivity index (χ3v) is 3.94. The Morgan fingerprint density at radius 3 is 2.85 bits per heavy atom. The van der Waals surface area contributed by atoms with Crippen molar-refractivity contribution in [3.8, 4) is 0 Å². The van der Waals surface area contributed by atoms with E-state index in [9.17, 15) is 0 Å². The number of hydrogen-bond acceptors (Lipinski definition) is 3. The molecule has 0 bridgehead atoms. The number of likely N-dealkylation sites (N-methyl/N-ethyl adjacent to an activating group) is 1. The van der Waals surface area contributed by atoms with E-state index in [2.05, 4.69) is 41.7 Å². The first-order valence-electron chi connectivity index (χ1n) is 7.06. The molecule has 1 heterocycles. The highest BCUT2D eigenvalue weighted by Gasteiger charge is 2.37. The lowest BCUT2D eigenvalue weighted by molar-refractivity contribution is -0.00738. The van der Waals surface area contributed by atoms with Crippen LogP contribution in [0.3, 0.4) is 0 Å². The van der Waals surface area contributed by atoms with Gasteiger partial charge in [-0.2, -0.15) is 0 Å². The molecule has 3 rings (SSSR count). The molecule has 1 N–H and O–H groups in total. The lowest BCUT2D eigenvalue weighted by Crippen LogP contribution is -2.21. The Morgan fingerprint density at radius 2 is 2.10 bits per heavy atom. The summed E-state index contributed by atoms with van der Waals surface area (Å²) >= 11 is 0. The van der Waals surface area contributed by atoms with E-state index in [1.54, 1.807) is 0 Å². The fourth-order valence-electron chi connectivity index (χ4n) is 2.77. The van der Waals surface area contributed by atoms with Crippen LogP contribution in [0.15, 0.2) is 58.8 Å². The van der Waals surface area contributed by atoms with E-state index in [1.165, 1.54) is 16.7 Å². The highest BCUT2D eigenvalue weighted by molar-refractivity contribution is 6.02. The van der Waals surface area contributed by atoms with Crippen LogP contribution < -0.4 is 5.32 Å². The fraction of sp³-hybridized carbons (Fsp3) is 0.353. The van der Waals surface area contributed by atoms with E-state index < -0.39 is 0 Å². The van der Waals surface area contributed by atoms with Gasteiger partial charge in [0.2, 0.25) is 0 Å². The van der Waals surface area contributed by atoms with Crippen molar-refractivity contribution in [1.82, 2.24) is 5.32 Å². The van der Waals surface area contributed by atoms with Crippen molar-refractivity contribution >= 4 is 5.71 Å². The van der Waals surface area contributed by atoms with Crippen LogP contribution in [0.25, 0.3) is 0 Å². The quantitative estimate of drug-likeness (QED) is 0.910. The molecular formula is C17H20N2O. The second-order valence-corrected chi connectivity index (χ2v) is 5.59. The van der Waals surface area contributed by atoms with Gasteiger partial charge < -0.3 is 10.2 Å². The lowest BCUT2D eigenvalue weighted by Gasteiger charge is -2.21. The van der Waals surface area contributed by atoms with Crippen molar-refractivity contribution in [2.45, 2.75) is 25.4 Å². The van der Waals surface area contributed by atoms with Crippen LogP contribution >= 0.6 is 0 Å². The van der Waals surface area contributed by atoms with Gasteiger partial charge in [0.1, 0.15) is 0 Å². The minimum Gasteiger partial charge on any atom is -0.384 e. The van der Waals surface area contributed by atoms with Crippen LogP contribution in [0.5, 0.6) is 0 Å². The number of hydrogen-bond donors (Lipinski definition) is 1. The van der Waals surface area contributed by atoms with Gasteiger partial charge in [0, 0.05) is 13.0 Å². The van der Waals surface area contributed by atoms with Gasteiger partial charge in [0.15, 0.2) is 5.60 Å². The summed E-state index contributed by atoms with van der Waals surface area (Å²) in [4.78, 5) is 5.76. The van der Waals surface area contributed by atoms with Crippen molar-refractivity contribution < 1.29 is 4.84 Å². The average molecular weight is 268 g/mol. The second kappa shape index (κ2) is 5.25. The zero-order valence-electron chi connectivity index (χ0n) is 12.0. The van der Waals surface area contributed by atoms with E-state index in [-0.39, 0.29) is 5.60 Å².